The Morgan fingerprint density at radius 1 is 1.27 bits per heavy atom. The molecule has 1 fully saturated rings. The van der Waals surface area contributed by atoms with Gasteiger partial charge < -0.3 is 5.32 Å². The molecule has 0 bridgehead atoms. The van der Waals surface area contributed by atoms with Gasteiger partial charge in [0.25, 0.3) is 0 Å². The molecule has 3 rings (SSSR count). The molecule has 114 valence electrons. The molecule has 1 aliphatic rings. The number of benzene rings is 1. The largest absolute Gasteiger partial charge is 0.352 e. The van der Waals surface area contributed by atoms with Gasteiger partial charge in [-0.15, -0.1) is 11.8 Å². The molecule has 2 atom stereocenters. The highest BCUT2D eigenvalue weighted by atomic mass is 35.5. The van der Waals surface area contributed by atoms with Crippen molar-refractivity contribution >= 4 is 29.3 Å². The summed E-state index contributed by atoms with van der Waals surface area (Å²) in [5.74, 6) is 1.77. The highest BCUT2D eigenvalue weighted by molar-refractivity contribution is 7.99. The number of amides is 1. The number of hydrogen-bond acceptors (Lipinski definition) is 3. The van der Waals surface area contributed by atoms with Crippen molar-refractivity contribution in [3.63, 3.8) is 0 Å². The van der Waals surface area contributed by atoms with Crippen LogP contribution < -0.4 is 5.32 Å². The summed E-state index contributed by atoms with van der Waals surface area (Å²) in [5.41, 5.74) is 2.33. The normalized spacial score (nSPS) is 19.7. The summed E-state index contributed by atoms with van der Waals surface area (Å²) in [4.78, 5) is 15.9. The van der Waals surface area contributed by atoms with E-state index in [0.29, 0.717) is 11.7 Å². The first-order valence-electron chi connectivity index (χ1n) is 7.24. The second kappa shape index (κ2) is 7.16. The number of carbonyl (C=O) groups is 1. The molecule has 0 aliphatic heterocycles. The molecule has 3 nitrogen and oxygen atoms in total. The van der Waals surface area contributed by atoms with E-state index in [0.717, 1.165) is 22.8 Å². The van der Waals surface area contributed by atoms with Gasteiger partial charge in [0.05, 0.1) is 5.75 Å². The summed E-state index contributed by atoms with van der Waals surface area (Å²) in [7, 11) is 0. The van der Waals surface area contributed by atoms with Gasteiger partial charge in [0.15, 0.2) is 0 Å². The van der Waals surface area contributed by atoms with Gasteiger partial charge in [-0.2, -0.15) is 0 Å². The average molecular weight is 333 g/mol. The number of hydrogen-bond donors (Lipinski definition) is 1. The lowest BCUT2D eigenvalue weighted by Gasteiger charge is -2.06. The predicted molar refractivity (Wildman–Crippen MR) is 91.1 cm³/mol. The number of rotatable bonds is 6. The molecule has 0 radical (unpaired) electrons. The van der Waals surface area contributed by atoms with Gasteiger partial charge in [-0.25, -0.2) is 0 Å². The van der Waals surface area contributed by atoms with Gasteiger partial charge in [0.1, 0.15) is 0 Å². The third-order valence-corrected chi connectivity index (χ3v) is 5.04. The fraction of sp³-hybridized carbons (Fsp3) is 0.294. The number of aromatic nitrogens is 1. The molecule has 0 unspecified atom stereocenters. The average Bonchev–Trinajstić information content (AvgIpc) is 3.27. The quantitative estimate of drug-likeness (QED) is 0.878. The summed E-state index contributed by atoms with van der Waals surface area (Å²) in [6.45, 7) is 0. The van der Waals surface area contributed by atoms with Gasteiger partial charge in [-0.1, -0.05) is 29.8 Å². The van der Waals surface area contributed by atoms with E-state index in [1.165, 1.54) is 5.56 Å². The Balaban J connectivity index is 1.41. The summed E-state index contributed by atoms with van der Waals surface area (Å²) < 4.78 is 0. The molecular formula is C17H17ClN2OS. The van der Waals surface area contributed by atoms with Crippen molar-refractivity contribution in [3.8, 4) is 0 Å². The van der Waals surface area contributed by atoms with E-state index in [2.05, 4.69) is 10.3 Å². The molecule has 22 heavy (non-hydrogen) atoms. The van der Waals surface area contributed by atoms with Crippen molar-refractivity contribution in [1.29, 1.82) is 0 Å². The Morgan fingerprint density at radius 3 is 2.82 bits per heavy atom. The van der Waals surface area contributed by atoms with Crippen LogP contribution in [-0.4, -0.2) is 22.7 Å². The minimum atomic E-state index is 0.0959. The topological polar surface area (TPSA) is 42.0 Å². The second-order valence-corrected chi connectivity index (χ2v) is 6.78. The van der Waals surface area contributed by atoms with Crippen LogP contribution in [0, 0.1) is 0 Å². The van der Waals surface area contributed by atoms with E-state index in [-0.39, 0.29) is 11.9 Å². The van der Waals surface area contributed by atoms with E-state index in [1.54, 1.807) is 24.2 Å². The highest BCUT2D eigenvalue weighted by Gasteiger charge is 2.40. The van der Waals surface area contributed by atoms with E-state index in [1.807, 2.05) is 36.4 Å². The van der Waals surface area contributed by atoms with Crippen molar-refractivity contribution in [2.75, 3.05) is 5.75 Å². The van der Waals surface area contributed by atoms with Crippen molar-refractivity contribution in [3.05, 3.63) is 64.9 Å². The van der Waals surface area contributed by atoms with Crippen molar-refractivity contribution in [1.82, 2.24) is 10.3 Å². The Labute approximate surface area is 139 Å². The Kier molecular flexibility index (Phi) is 5.01. The van der Waals surface area contributed by atoms with Crippen LogP contribution in [0.5, 0.6) is 0 Å². The van der Waals surface area contributed by atoms with Gasteiger partial charge in [-0.05, 0) is 35.7 Å². The van der Waals surface area contributed by atoms with E-state index in [4.69, 9.17) is 11.6 Å². The molecule has 1 heterocycles. The molecule has 1 saturated carbocycles. The molecule has 1 N–H and O–H groups in total. The standard InChI is InChI=1S/C17H17ClN2OS/c18-15-4-2-1-3-13(15)14-9-16(14)20-17(21)11-22-10-12-5-7-19-8-6-12/h1-8,14,16H,9-11H2,(H,20,21)/t14-,16-/m1/s1. The molecule has 2 aromatic rings. The number of nitrogens with zero attached hydrogens (tertiary/aromatic N) is 1. The molecular weight excluding hydrogens is 316 g/mol. The maximum atomic E-state index is 12.0. The first-order chi connectivity index (χ1) is 10.7. The Bertz CT molecular complexity index is 650. The fourth-order valence-corrected chi connectivity index (χ4v) is 3.54. The first-order valence-corrected chi connectivity index (χ1v) is 8.78. The van der Waals surface area contributed by atoms with Crippen molar-refractivity contribution < 1.29 is 4.79 Å². The number of carbonyl (C=O) groups excluding carboxylic acids is 1. The highest BCUT2D eigenvalue weighted by Crippen LogP contribution is 2.43. The van der Waals surface area contributed by atoms with Crippen LogP contribution >= 0.6 is 23.4 Å². The fourth-order valence-electron chi connectivity index (χ4n) is 2.46. The number of pyridine rings is 1. The number of halogens is 1. The van der Waals surface area contributed by atoms with Gasteiger partial charge in [0.2, 0.25) is 5.91 Å². The van der Waals surface area contributed by atoms with Crippen LogP contribution in [0.3, 0.4) is 0 Å². The smallest absolute Gasteiger partial charge is 0.230 e. The maximum Gasteiger partial charge on any atom is 0.230 e. The third-order valence-electron chi connectivity index (χ3n) is 3.69. The predicted octanol–water partition coefficient (Wildman–Crippen LogP) is 3.64. The zero-order valence-corrected chi connectivity index (χ0v) is 13.6. The van der Waals surface area contributed by atoms with Gasteiger partial charge >= 0.3 is 0 Å². The molecule has 0 saturated heterocycles. The monoisotopic (exact) mass is 332 g/mol. The lowest BCUT2D eigenvalue weighted by atomic mass is 10.1. The van der Waals surface area contributed by atoms with Gasteiger partial charge in [-0.3, -0.25) is 9.78 Å². The zero-order valence-electron chi connectivity index (χ0n) is 12.0. The van der Waals surface area contributed by atoms with Crippen LogP contribution in [-0.2, 0) is 10.5 Å². The summed E-state index contributed by atoms with van der Waals surface area (Å²) in [6.07, 6.45) is 4.52. The van der Waals surface area contributed by atoms with Crippen molar-refractivity contribution in [2.45, 2.75) is 24.1 Å². The summed E-state index contributed by atoms with van der Waals surface area (Å²) in [5, 5.41) is 3.87. The number of nitrogens with one attached hydrogen (secondary N) is 1. The lowest BCUT2D eigenvalue weighted by Crippen LogP contribution is -2.28. The van der Waals surface area contributed by atoms with Gasteiger partial charge in [0, 0.05) is 35.1 Å². The Morgan fingerprint density at radius 2 is 2.05 bits per heavy atom. The van der Waals surface area contributed by atoms with E-state index in [9.17, 15) is 4.79 Å². The van der Waals surface area contributed by atoms with Crippen LogP contribution in [0.1, 0.15) is 23.5 Å². The van der Waals surface area contributed by atoms with Crippen LogP contribution in [0.4, 0.5) is 0 Å². The molecule has 1 aromatic heterocycles. The number of thioether (sulfide) groups is 1. The lowest BCUT2D eigenvalue weighted by molar-refractivity contribution is -0.118. The Hall–Kier alpha value is -1.52. The molecule has 1 aromatic carbocycles. The molecule has 0 spiro atoms. The van der Waals surface area contributed by atoms with E-state index >= 15 is 0 Å². The first kappa shape index (κ1) is 15.4. The van der Waals surface area contributed by atoms with E-state index < -0.39 is 0 Å². The molecule has 1 aliphatic carbocycles. The molecule has 5 heteroatoms. The third kappa shape index (κ3) is 4.02. The SMILES string of the molecule is O=C(CSCc1ccncc1)N[C@@H]1C[C@@H]1c1ccccc1Cl. The zero-order chi connectivity index (χ0) is 15.4. The molecule has 1 amide bonds. The maximum absolute atomic E-state index is 12.0. The summed E-state index contributed by atoms with van der Waals surface area (Å²) in [6, 6.07) is 12.0. The summed E-state index contributed by atoms with van der Waals surface area (Å²) >= 11 is 7.81. The minimum Gasteiger partial charge on any atom is -0.352 e. The van der Waals surface area contributed by atoms with Crippen LogP contribution in [0.2, 0.25) is 5.02 Å². The van der Waals surface area contributed by atoms with Crippen LogP contribution in [0.25, 0.3) is 0 Å². The second-order valence-electron chi connectivity index (χ2n) is 5.39. The minimum absolute atomic E-state index is 0.0959. The van der Waals surface area contributed by atoms with Crippen LogP contribution in [0.15, 0.2) is 48.8 Å². The van der Waals surface area contributed by atoms with Crippen molar-refractivity contribution in [2.24, 2.45) is 0 Å².